The zero-order valence-electron chi connectivity index (χ0n) is 18.8. The topological polar surface area (TPSA) is 135 Å². The number of benzene rings is 1. The molecular formula is C22H29N3O7S. The number of nitrogens with zero attached hydrogens (tertiary/aromatic N) is 2. The maximum atomic E-state index is 13.1. The third-order valence-corrected chi connectivity index (χ3v) is 7.84. The van der Waals surface area contributed by atoms with E-state index in [9.17, 15) is 23.3 Å². The molecule has 1 amide bonds. The molecule has 0 bridgehead atoms. The summed E-state index contributed by atoms with van der Waals surface area (Å²) in [6, 6.07) is 6.13. The second-order valence-corrected chi connectivity index (χ2v) is 10.1. The Hall–Kier alpha value is -2.68. The molecule has 3 rings (SSSR count). The lowest BCUT2D eigenvalue weighted by molar-refractivity contribution is -0.130. The lowest BCUT2D eigenvalue weighted by Gasteiger charge is -2.32. The van der Waals surface area contributed by atoms with E-state index in [1.54, 1.807) is 0 Å². The van der Waals surface area contributed by atoms with E-state index in [-0.39, 0.29) is 42.5 Å². The number of morpholine rings is 1. The molecule has 11 heteroatoms. The summed E-state index contributed by atoms with van der Waals surface area (Å²) in [5.41, 5.74) is -0.981. The van der Waals surface area contributed by atoms with Crippen molar-refractivity contribution in [2.24, 2.45) is 0 Å². The van der Waals surface area contributed by atoms with Crippen molar-refractivity contribution in [3.05, 3.63) is 23.8 Å². The van der Waals surface area contributed by atoms with Crippen LogP contribution in [-0.4, -0.2) is 69.7 Å². The molecule has 0 spiro atoms. The molecule has 1 unspecified atom stereocenters. The fourth-order valence-electron chi connectivity index (χ4n) is 3.97. The number of hydrogen-bond acceptors (Lipinski definition) is 8. The third kappa shape index (κ3) is 5.63. The van der Waals surface area contributed by atoms with Crippen LogP contribution in [0, 0.1) is 11.3 Å². The van der Waals surface area contributed by atoms with Gasteiger partial charge in [0.25, 0.3) is 5.91 Å². The van der Waals surface area contributed by atoms with Gasteiger partial charge >= 0.3 is 5.97 Å². The molecule has 1 saturated carbocycles. The van der Waals surface area contributed by atoms with Gasteiger partial charge in [-0.3, -0.25) is 4.79 Å². The molecule has 1 N–H and O–H groups in total. The smallest absolute Gasteiger partial charge is 0.338 e. The average molecular weight is 480 g/mol. The van der Waals surface area contributed by atoms with Crippen LogP contribution in [0.15, 0.2) is 23.1 Å². The summed E-state index contributed by atoms with van der Waals surface area (Å²) >= 11 is 0. The van der Waals surface area contributed by atoms with Crippen molar-refractivity contribution in [1.29, 1.82) is 5.26 Å². The van der Waals surface area contributed by atoms with Gasteiger partial charge in [-0.25, -0.2) is 13.2 Å². The SMILES string of the molecule is COc1ccc(C(=O)OC(C)C(=O)NC2(C#N)CCCCC2)cc1S(=O)(=O)N1CCOCC1. The van der Waals surface area contributed by atoms with Crippen LogP contribution in [0.2, 0.25) is 0 Å². The van der Waals surface area contributed by atoms with Crippen LogP contribution in [0.4, 0.5) is 0 Å². The van der Waals surface area contributed by atoms with Gasteiger partial charge in [0.15, 0.2) is 6.10 Å². The van der Waals surface area contributed by atoms with Gasteiger partial charge in [-0.1, -0.05) is 19.3 Å². The molecule has 0 aromatic heterocycles. The molecule has 1 aliphatic heterocycles. The van der Waals surface area contributed by atoms with Crippen molar-refractivity contribution >= 4 is 21.9 Å². The number of nitrogens with one attached hydrogen (secondary N) is 1. The molecule has 33 heavy (non-hydrogen) atoms. The monoisotopic (exact) mass is 479 g/mol. The molecule has 1 heterocycles. The van der Waals surface area contributed by atoms with Crippen molar-refractivity contribution in [2.75, 3.05) is 33.4 Å². The number of esters is 1. The number of methoxy groups -OCH3 is 1. The maximum absolute atomic E-state index is 13.1. The standard InChI is InChI=1S/C22H29N3O7S/c1-16(20(26)24-22(15-23)8-4-3-5-9-22)32-21(27)17-6-7-18(30-2)19(14-17)33(28,29)25-10-12-31-13-11-25/h6-7,14,16H,3-5,8-13H2,1-2H3,(H,24,26). The van der Waals surface area contributed by atoms with Crippen molar-refractivity contribution in [1.82, 2.24) is 9.62 Å². The zero-order chi connectivity index (χ0) is 24.1. The molecule has 10 nitrogen and oxygen atoms in total. The number of amides is 1. The first kappa shape index (κ1) is 25.0. The first-order valence-electron chi connectivity index (χ1n) is 10.9. The molecule has 1 aromatic rings. The minimum Gasteiger partial charge on any atom is -0.495 e. The third-order valence-electron chi connectivity index (χ3n) is 5.92. The zero-order valence-corrected chi connectivity index (χ0v) is 19.7. The Morgan fingerprint density at radius 3 is 2.48 bits per heavy atom. The summed E-state index contributed by atoms with van der Waals surface area (Å²) in [6.07, 6.45) is 2.64. The first-order valence-corrected chi connectivity index (χ1v) is 12.4. The van der Waals surface area contributed by atoms with Gasteiger partial charge in [-0.05, 0) is 38.0 Å². The van der Waals surface area contributed by atoms with Crippen LogP contribution in [0.3, 0.4) is 0 Å². The summed E-state index contributed by atoms with van der Waals surface area (Å²) in [7, 11) is -2.59. The molecule has 1 aliphatic carbocycles. The number of nitriles is 1. The van der Waals surface area contributed by atoms with E-state index in [0.717, 1.165) is 19.3 Å². The van der Waals surface area contributed by atoms with E-state index in [4.69, 9.17) is 14.2 Å². The Morgan fingerprint density at radius 2 is 1.88 bits per heavy atom. The summed E-state index contributed by atoms with van der Waals surface area (Å²) in [5.74, 6) is -1.33. The van der Waals surface area contributed by atoms with Crippen LogP contribution in [0.1, 0.15) is 49.4 Å². The van der Waals surface area contributed by atoms with E-state index < -0.39 is 33.5 Å². The minimum absolute atomic E-state index is 0.0325. The van der Waals surface area contributed by atoms with E-state index in [2.05, 4.69) is 11.4 Å². The second-order valence-electron chi connectivity index (χ2n) is 8.17. The number of sulfonamides is 1. The number of ether oxygens (including phenoxy) is 3. The highest BCUT2D eigenvalue weighted by Gasteiger charge is 2.36. The van der Waals surface area contributed by atoms with E-state index in [1.165, 1.54) is 36.5 Å². The Kier molecular flexibility index (Phi) is 7.94. The Balaban J connectivity index is 1.75. The predicted octanol–water partition coefficient (Wildman–Crippen LogP) is 1.60. The Bertz CT molecular complexity index is 1020. The van der Waals surface area contributed by atoms with Crippen LogP contribution in [0.5, 0.6) is 5.75 Å². The summed E-state index contributed by atoms with van der Waals surface area (Å²) in [6.45, 7) is 2.35. The quantitative estimate of drug-likeness (QED) is 0.583. The summed E-state index contributed by atoms with van der Waals surface area (Å²) in [5, 5.41) is 12.3. The van der Waals surface area contributed by atoms with E-state index in [1.807, 2.05) is 0 Å². The van der Waals surface area contributed by atoms with Crippen LogP contribution in [0.25, 0.3) is 0 Å². The number of carbonyl (C=O) groups excluding carboxylic acids is 2. The van der Waals surface area contributed by atoms with Gasteiger partial charge in [0, 0.05) is 13.1 Å². The van der Waals surface area contributed by atoms with Gasteiger partial charge in [0.1, 0.15) is 16.2 Å². The van der Waals surface area contributed by atoms with Crippen molar-refractivity contribution < 1.29 is 32.2 Å². The van der Waals surface area contributed by atoms with E-state index >= 15 is 0 Å². The fourth-order valence-corrected chi connectivity index (χ4v) is 5.56. The lowest BCUT2D eigenvalue weighted by Crippen LogP contribution is -2.52. The fraction of sp³-hybridized carbons (Fsp3) is 0.591. The summed E-state index contributed by atoms with van der Waals surface area (Å²) in [4.78, 5) is 25.2. The highest BCUT2D eigenvalue weighted by molar-refractivity contribution is 7.89. The minimum atomic E-state index is -3.93. The van der Waals surface area contributed by atoms with E-state index in [0.29, 0.717) is 12.8 Å². The Morgan fingerprint density at radius 1 is 1.21 bits per heavy atom. The van der Waals surface area contributed by atoms with Crippen molar-refractivity contribution in [2.45, 2.75) is 55.6 Å². The van der Waals surface area contributed by atoms with Crippen LogP contribution >= 0.6 is 0 Å². The number of hydrogen-bond donors (Lipinski definition) is 1. The van der Waals surface area contributed by atoms with Gasteiger partial charge in [-0.15, -0.1) is 0 Å². The van der Waals surface area contributed by atoms with Gasteiger partial charge in [-0.2, -0.15) is 9.57 Å². The first-order chi connectivity index (χ1) is 15.7. The lowest BCUT2D eigenvalue weighted by atomic mass is 9.83. The van der Waals surface area contributed by atoms with Gasteiger partial charge in [0.05, 0.1) is 32.0 Å². The molecule has 2 aliphatic rings. The van der Waals surface area contributed by atoms with Crippen molar-refractivity contribution in [3.63, 3.8) is 0 Å². The maximum Gasteiger partial charge on any atom is 0.338 e. The molecular weight excluding hydrogens is 450 g/mol. The van der Waals surface area contributed by atoms with Crippen molar-refractivity contribution in [3.8, 4) is 11.8 Å². The molecule has 1 saturated heterocycles. The Labute approximate surface area is 193 Å². The predicted molar refractivity (Wildman–Crippen MR) is 117 cm³/mol. The largest absolute Gasteiger partial charge is 0.495 e. The van der Waals surface area contributed by atoms with Crippen LogP contribution < -0.4 is 10.1 Å². The second kappa shape index (κ2) is 10.5. The highest BCUT2D eigenvalue weighted by atomic mass is 32.2. The molecule has 0 radical (unpaired) electrons. The number of rotatable bonds is 7. The normalized spacial score (nSPS) is 19.7. The molecule has 2 fully saturated rings. The van der Waals surface area contributed by atoms with Gasteiger partial charge < -0.3 is 19.5 Å². The number of carbonyl (C=O) groups is 2. The molecule has 1 atom stereocenters. The van der Waals surface area contributed by atoms with Gasteiger partial charge in [0.2, 0.25) is 10.0 Å². The molecule has 1 aromatic carbocycles. The molecule has 180 valence electrons. The average Bonchev–Trinajstić information content (AvgIpc) is 2.84. The van der Waals surface area contributed by atoms with Crippen LogP contribution in [-0.2, 0) is 24.3 Å². The highest BCUT2D eigenvalue weighted by Crippen LogP contribution is 2.29. The summed E-state index contributed by atoms with van der Waals surface area (Å²) < 4.78 is 43.2.